The molecule has 1 aromatic rings. The van der Waals surface area contributed by atoms with Crippen molar-refractivity contribution < 1.29 is 137 Å². The fourth-order valence-electron chi connectivity index (χ4n) is 9.16. The van der Waals surface area contributed by atoms with Gasteiger partial charge in [0.05, 0.1) is 255 Å². The number of nitrogens with zero attached hydrogens (tertiary/aromatic N) is 2. The van der Waals surface area contributed by atoms with Gasteiger partial charge in [-0.05, 0) is 56.9 Å². The van der Waals surface area contributed by atoms with Gasteiger partial charge >= 0.3 is 5.97 Å². The molecule has 6 amide bonds. The molecule has 1 aromatic carbocycles. The van der Waals surface area contributed by atoms with E-state index in [1.54, 1.807) is 72.1 Å². The van der Waals surface area contributed by atoms with Crippen LogP contribution in [0.15, 0.2) is 36.4 Å². The van der Waals surface area contributed by atoms with Crippen LogP contribution in [-0.2, 0) is 140 Å². The third-order valence-corrected chi connectivity index (χ3v) is 15.4. The topological polar surface area (TPSA) is 392 Å². The molecule has 0 saturated carbocycles. The summed E-state index contributed by atoms with van der Waals surface area (Å²) in [6, 6.07) is 0.469. The molecule has 1 fully saturated rings. The van der Waals surface area contributed by atoms with E-state index in [-0.39, 0.29) is 32.8 Å². The number of ether oxygens (including phenoxy) is 19. The fourth-order valence-corrected chi connectivity index (χ4v) is 9.48. The minimum absolute atomic E-state index is 0.0592. The lowest BCUT2D eigenvalue weighted by molar-refractivity contribution is -0.154. The predicted octanol–water partition coefficient (Wildman–Crippen LogP) is 1.08. The van der Waals surface area contributed by atoms with Crippen LogP contribution in [0.4, 0.5) is 5.69 Å². The van der Waals surface area contributed by atoms with Crippen molar-refractivity contribution in [3.63, 3.8) is 0 Å². The third-order valence-electron chi connectivity index (χ3n) is 14.7. The minimum Gasteiger partial charge on any atom is -0.460 e. The Kier molecular flexibility index (Phi) is 51.2. The number of anilines is 1. The summed E-state index contributed by atoms with van der Waals surface area (Å²) in [5.74, 6) is -5.99. The Morgan fingerprint density at radius 2 is 0.942 bits per heavy atom. The highest BCUT2D eigenvalue weighted by molar-refractivity contribution is 7.85. The number of methoxy groups -OCH3 is 1. The summed E-state index contributed by atoms with van der Waals surface area (Å²) in [6.07, 6.45) is 5.40. The zero-order chi connectivity index (χ0) is 75.9. The molecule has 2 aliphatic heterocycles. The van der Waals surface area contributed by atoms with Gasteiger partial charge in [-0.25, -0.2) is 0 Å². The summed E-state index contributed by atoms with van der Waals surface area (Å²) >= 11 is 0. The molecule has 0 radical (unpaired) electrons. The molecule has 2 heterocycles. The molecule has 4 N–H and O–H groups in total. The molecule has 35 heteroatoms. The first-order valence-electron chi connectivity index (χ1n) is 35.1. The molecule has 2 aliphatic rings. The average molecular weight is 1510 g/mol. The molecule has 0 unspecified atom stereocenters. The Morgan fingerprint density at radius 3 is 1.32 bits per heavy atom. The highest BCUT2D eigenvalue weighted by Gasteiger charge is 2.47. The van der Waals surface area contributed by atoms with Crippen LogP contribution in [0.2, 0.25) is 0 Å². The van der Waals surface area contributed by atoms with Gasteiger partial charge < -0.3 is 111 Å². The molecule has 596 valence electrons. The predicted molar refractivity (Wildman–Crippen MR) is 375 cm³/mol. The van der Waals surface area contributed by atoms with Gasteiger partial charge in [0.15, 0.2) is 0 Å². The molecule has 0 spiro atoms. The van der Waals surface area contributed by atoms with E-state index in [0.717, 1.165) is 22.0 Å². The van der Waals surface area contributed by atoms with E-state index >= 15 is 0 Å². The van der Waals surface area contributed by atoms with Gasteiger partial charge in [-0.15, -0.1) is 0 Å². The summed E-state index contributed by atoms with van der Waals surface area (Å²) < 4.78 is 136. The van der Waals surface area contributed by atoms with Crippen molar-refractivity contribution in [2.75, 3.05) is 256 Å². The van der Waals surface area contributed by atoms with E-state index in [0.29, 0.717) is 222 Å². The monoisotopic (exact) mass is 1510 g/mol. The van der Waals surface area contributed by atoms with Crippen LogP contribution in [0, 0.1) is 11.3 Å². The Bertz CT molecular complexity index is 2710. The summed E-state index contributed by atoms with van der Waals surface area (Å²) in [5.41, 5.74) is 0.841. The first-order valence-corrected chi connectivity index (χ1v) is 36.7. The number of carbonyl (C=O) groups is 7. The smallest absolute Gasteiger partial charge is 0.311 e. The Labute approximate surface area is 611 Å². The lowest BCUT2D eigenvalue weighted by atomic mass is 9.97. The number of rotatable bonds is 67. The standard InChI is InChI=1S/C69H115N5O29S/c1-54(2)64(72-61(75)51-73-59(53-102-47-48-104(82,83)84)50-60(67(73)80)74-62(76)12-13-63(74)77)66(79)70-55(3)65(78)71-58-11-10-57(52-103-68(81)69(4,5)6)56(49-58)9-8-14-86-17-18-88-21-22-90-25-26-92-29-30-94-33-34-96-37-38-98-41-42-100-45-46-101-44-43-99-40-39-97-36-35-95-32-31-93-28-27-91-24-23-89-20-19-87-16-15-85-7/h8-13,49,54-55,59-60,64H,14-48,50-53H2,1-7H3,(H,70,79)(H,71,78)(H,72,75)(H,82,83,84)/b9-8+/t55-,59-,60-,64-/m0/s1. The van der Waals surface area contributed by atoms with Gasteiger partial charge in [-0.1, -0.05) is 32.1 Å². The first-order chi connectivity index (χ1) is 50.1. The number of imide groups is 1. The number of esters is 1. The minimum atomic E-state index is -4.37. The van der Waals surface area contributed by atoms with Crippen molar-refractivity contribution >= 4 is 63.3 Å². The van der Waals surface area contributed by atoms with Crippen LogP contribution in [0.3, 0.4) is 0 Å². The molecule has 0 bridgehead atoms. The number of carbonyl (C=O) groups excluding carboxylic acids is 7. The Hall–Kier alpha value is -5.62. The van der Waals surface area contributed by atoms with E-state index in [9.17, 15) is 42.0 Å². The molecule has 0 aromatic heterocycles. The van der Waals surface area contributed by atoms with Gasteiger partial charge in [0, 0.05) is 31.4 Å². The molecule has 34 nitrogen and oxygen atoms in total. The number of hydrogen-bond acceptors (Lipinski definition) is 28. The van der Waals surface area contributed by atoms with Crippen molar-refractivity contribution in [3.8, 4) is 0 Å². The van der Waals surface area contributed by atoms with Gasteiger partial charge in [0.2, 0.25) is 23.6 Å². The van der Waals surface area contributed by atoms with Gasteiger partial charge in [0.25, 0.3) is 21.9 Å². The lowest BCUT2D eigenvalue weighted by Crippen LogP contribution is -2.56. The maximum absolute atomic E-state index is 13.7. The number of hydrogen-bond donors (Lipinski definition) is 4. The first kappa shape index (κ1) is 92.6. The van der Waals surface area contributed by atoms with Crippen molar-refractivity contribution in [2.24, 2.45) is 11.3 Å². The molecule has 4 atom stereocenters. The van der Waals surface area contributed by atoms with E-state index in [2.05, 4.69) is 16.0 Å². The van der Waals surface area contributed by atoms with Crippen LogP contribution in [0.25, 0.3) is 6.08 Å². The molecule has 104 heavy (non-hydrogen) atoms. The highest BCUT2D eigenvalue weighted by Crippen LogP contribution is 2.27. The maximum atomic E-state index is 13.7. The van der Waals surface area contributed by atoms with Gasteiger partial charge in [0.1, 0.15) is 24.7 Å². The quantitative estimate of drug-likeness (QED) is 0.0307. The van der Waals surface area contributed by atoms with Crippen molar-refractivity contribution in [1.29, 1.82) is 0 Å². The van der Waals surface area contributed by atoms with E-state index in [1.165, 1.54) is 6.92 Å². The molecule has 0 aliphatic carbocycles. The number of likely N-dealkylation sites (tertiary alicyclic amines) is 1. The Morgan fingerprint density at radius 1 is 0.548 bits per heavy atom. The molecule has 3 rings (SSSR count). The van der Waals surface area contributed by atoms with Crippen molar-refractivity contribution in [3.05, 3.63) is 47.6 Å². The van der Waals surface area contributed by atoms with Crippen molar-refractivity contribution in [2.45, 2.75) is 78.7 Å². The number of benzene rings is 1. The second-order valence-electron chi connectivity index (χ2n) is 24.5. The van der Waals surface area contributed by atoms with E-state index < -0.39 is 106 Å². The summed E-state index contributed by atoms with van der Waals surface area (Å²) in [4.78, 5) is 93.9. The molecular formula is C69H115N5O29S. The molecule has 1 saturated heterocycles. The summed E-state index contributed by atoms with van der Waals surface area (Å²) in [7, 11) is -2.73. The Balaban J connectivity index is 1.17. The van der Waals surface area contributed by atoms with Crippen LogP contribution in [-0.4, -0.2) is 339 Å². The van der Waals surface area contributed by atoms with Crippen LogP contribution in [0.1, 0.15) is 59.1 Å². The van der Waals surface area contributed by atoms with Crippen LogP contribution in [0.5, 0.6) is 0 Å². The van der Waals surface area contributed by atoms with E-state index in [4.69, 9.17) is 94.6 Å². The van der Waals surface area contributed by atoms with Gasteiger partial charge in [-0.3, -0.25) is 43.0 Å². The highest BCUT2D eigenvalue weighted by atomic mass is 32.2. The second kappa shape index (κ2) is 57.5. The second-order valence-corrected chi connectivity index (χ2v) is 26.1. The third kappa shape index (κ3) is 44.5. The normalized spacial score (nSPS) is 15.5. The average Bonchev–Trinajstić information content (AvgIpc) is 1.63. The maximum Gasteiger partial charge on any atom is 0.311 e. The summed E-state index contributed by atoms with van der Waals surface area (Å²) in [6.45, 7) is 23.2. The zero-order valence-corrected chi connectivity index (χ0v) is 62.5. The zero-order valence-electron chi connectivity index (χ0n) is 61.7. The fraction of sp³-hybridized carbons (Fsp3) is 0.754. The number of nitrogens with one attached hydrogen (secondary N) is 3. The van der Waals surface area contributed by atoms with Gasteiger partial charge in [-0.2, -0.15) is 8.42 Å². The number of amides is 6. The largest absolute Gasteiger partial charge is 0.460 e. The summed E-state index contributed by atoms with van der Waals surface area (Å²) in [5, 5.41) is 8.02. The molecular weight excluding hydrogens is 1390 g/mol. The van der Waals surface area contributed by atoms with Crippen molar-refractivity contribution in [1.82, 2.24) is 20.4 Å². The SMILES string of the molecule is COCCOCCOCCOCCOCCOCCOCCOCCOCCOCCOCCOCCOCCOCCOCCOCCOC/C=C/c1cc(NC(=O)[C@H](C)NC(=O)[C@@H](NC(=O)CN2C(=O)[C@@H](N3C(=O)C=CC3=O)C[C@H]2COCCS(=O)(=O)O)C(C)C)ccc1COC(=O)C(C)(C)C. The lowest BCUT2D eigenvalue weighted by Gasteiger charge is -2.27. The van der Waals surface area contributed by atoms with Crippen LogP contribution < -0.4 is 16.0 Å². The van der Waals surface area contributed by atoms with E-state index in [1.807, 2.05) is 0 Å². The van der Waals surface area contributed by atoms with Crippen LogP contribution >= 0.6 is 0 Å².